The third-order valence-corrected chi connectivity index (χ3v) is 4.35. The summed E-state index contributed by atoms with van der Waals surface area (Å²) in [5, 5.41) is 2.82. The Labute approximate surface area is 164 Å². The molecule has 0 bridgehead atoms. The predicted molar refractivity (Wildman–Crippen MR) is 110 cm³/mol. The van der Waals surface area contributed by atoms with E-state index in [9.17, 15) is 9.59 Å². The van der Waals surface area contributed by atoms with Gasteiger partial charge in [0.05, 0.1) is 7.11 Å². The minimum Gasteiger partial charge on any atom is -0.497 e. The lowest BCUT2D eigenvalue weighted by Crippen LogP contribution is -2.26. The largest absolute Gasteiger partial charge is 0.497 e. The van der Waals surface area contributed by atoms with Gasteiger partial charge in [-0.05, 0) is 54.1 Å². The number of nitrogens with zero attached hydrogens (tertiary/aromatic N) is 1. The average molecular weight is 374 g/mol. The van der Waals surface area contributed by atoms with Crippen LogP contribution in [0, 0.1) is 0 Å². The van der Waals surface area contributed by atoms with Crippen molar-refractivity contribution in [2.45, 2.75) is 6.54 Å². The zero-order valence-electron chi connectivity index (χ0n) is 15.9. The van der Waals surface area contributed by atoms with Crippen molar-refractivity contribution in [3.05, 3.63) is 95.6 Å². The van der Waals surface area contributed by atoms with E-state index in [4.69, 9.17) is 4.74 Å². The second kappa shape index (κ2) is 8.86. The van der Waals surface area contributed by atoms with Crippen molar-refractivity contribution in [1.82, 2.24) is 4.90 Å². The molecule has 3 aromatic carbocycles. The fourth-order valence-electron chi connectivity index (χ4n) is 2.79. The van der Waals surface area contributed by atoms with Crippen LogP contribution in [-0.2, 0) is 6.54 Å². The number of carbonyl (C=O) groups excluding carboxylic acids is 2. The molecule has 0 aliphatic carbocycles. The summed E-state index contributed by atoms with van der Waals surface area (Å²) in [7, 11) is 3.35. The summed E-state index contributed by atoms with van der Waals surface area (Å²) in [5.74, 6) is 0.397. The molecule has 5 heteroatoms. The third kappa shape index (κ3) is 4.76. The van der Waals surface area contributed by atoms with Gasteiger partial charge < -0.3 is 15.0 Å². The van der Waals surface area contributed by atoms with Crippen LogP contribution in [0.1, 0.15) is 26.3 Å². The van der Waals surface area contributed by atoms with Gasteiger partial charge in [0.25, 0.3) is 11.8 Å². The van der Waals surface area contributed by atoms with E-state index in [1.54, 1.807) is 67.6 Å². The molecule has 142 valence electrons. The Balaban J connectivity index is 1.63. The van der Waals surface area contributed by atoms with Gasteiger partial charge in [0.1, 0.15) is 5.75 Å². The van der Waals surface area contributed by atoms with Gasteiger partial charge in [-0.1, -0.05) is 30.3 Å². The Bertz CT molecular complexity index is 936. The van der Waals surface area contributed by atoms with Gasteiger partial charge in [0, 0.05) is 30.4 Å². The normalized spacial score (nSPS) is 10.2. The van der Waals surface area contributed by atoms with Crippen LogP contribution >= 0.6 is 0 Å². The smallest absolute Gasteiger partial charge is 0.255 e. The first kappa shape index (κ1) is 19.2. The fraction of sp³-hybridized carbons (Fsp3) is 0.130. The number of amides is 2. The maximum Gasteiger partial charge on any atom is 0.255 e. The molecule has 0 unspecified atom stereocenters. The van der Waals surface area contributed by atoms with E-state index in [0.29, 0.717) is 23.4 Å². The molecule has 0 spiro atoms. The molecule has 28 heavy (non-hydrogen) atoms. The molecule has 0 heterocycles. The van der Waals surface area contributed by atoms with Crippen LogP contribution in [0.4, 0.5) is 5.69 Å². The average Bonchev–Trinajstić information content (AvgIpc) is 2.74. The first-order valence-corrected chi connectivity index (χ1v) is 8.91. The molecule has 0 saturated carbocycles. The van der Waals surface area contributed by atoms with Crippen LogP contribution in [-0.4, -0.2) is 30.9 Å². The van der Waals surface area contributed by atoms with Crippen LogP contribution in [0.3, 0.4) is 0 Å². The Morgan fingerprint density at radius 1 is 0.857 bits per heavy atom. The first-order valence-electron chi connectivity index (χ1n) is 8.91. The predicted octanol–water partition coefficient (Wildman–Crippen LogP) is 4.22. The van der Waals surface area contributed by atoms with Crippen molar-refractivity contribution in [2.24, 2.45) is 0 Å². The second-order valence-electron chi connectivity index (χ2n) is 6.41. The van der Waals surface area contributed by atoms with Crippen molar-refractivity contribution in [3.63, 3.8) is 0 Å². The topological polar surface area (TPSA) is 58.6 Å². The number of ether oxygens (including phenoxy) is 1. The number of carbonyl (C=O) groups is 2. The zero-order valence-corrected chi connectivity index (χ0v) is 15.9. The Hall–Kier alpha value is -3.60. The van der Waals surface area contributed by atoms with Crippen molar-refractivity contribution in [2.75, 3.05) is 19.5 Å². The van der Waals surface area contributed by atoms with Gasteiger partial charge in [-0.25, -0.2) is 0 Å². The summed E-state index contributed by atoms with van der Waals surface area (Å²) in [6.07, 6.45) is 0. The number of methoxy groups -OCH3 is 1. The number of benzene rings is 3. The summed E-state index contributed by atoms with van der Waals surface area (Å²) < 4.78 is 5.10. The Morgan fingerprint density at radius 2 is 1.46 bits per heavy atom. The van der Waals surface area contributed by atoms with Gasteiger partial charge in [-0.2, -0.15) is 0 Å². The number of hydrogen-bond donors (Lipinski definition) is 1. The lowest BCUT2D eigenvalue weighted by Gasteiger charge is -2.17. The molecule has 0 fully saturated rings. The molecule has 0 radical (unpaired) electrons. The van der Waals surface area contributed by atoms with Crippen LogP contribution in [0.25, 0.3) is 0 Å². The highest BCUT2D eigenvalue weighted by Crippen LogP contribution is 2.16. The minimum absolute atomic E-state index is 0.0917. The third-order valence-electron chi connectivity index (χ3n) is 4.35. The number of rotatable bonds is 6. The van der Waals surface area contributed by atoms with Crippen molar-refractivity contribution in [1.29, 1.82) is 0 Å². The Kier molecular flexibility index (Phi) is 6.07. The number of nitrogens with one attached hydrogen (secondary N) is 1. The standard InChI is InChI=1S/C23H22N2O3/c1-25(16-17-6-4-3-5-7-17)23(27)19-10-8-18(9-11-19)22(26)24-20-12-14-21(28-2)15-13-20/h3-15H,16H2,1-2H3,(H,24,26). The van der Waals surface area contributed by atoms with E-state index in [1.807, 2.05) is 30.3 Å². The molecule has 5 nitrogen and oxygen atoms in total. The SMILES string of the molecule is COc1ccc(NC(=O)c2ccc(C(=O)N(C)Cc3ccccc3)cc2)cc1. The van der Waals surface area contributed by atoms with Gasteiger partial charge in [0.15, 0.2) is 0 Å². The molecule has 2 amide bonds. The van der Waals surface area contributed by atoms with E-state index in [2.05, 4.69) is 5.32 Å². The maximum atomic E-state index is 12.6. The van der Waals surface area contributed by atoms with Gasteiger partial charge in [-0.3, -0.25) is 9.59 Å². The molecular formula is C23H22N2O3. The maximum absolute atomic E-state index is 12.6. The molecular weight excluding hydrogens is 352 g/mol. The molecule has 0 aromatic heterocycles. The molecule has 3 rings (SSSR count). The van der Waals surface area contributed by atoms with Gasteiger partial charge in [-0.15, -0.1) is 0 Å². The molecule has 0 aliphatic rings. The number of anilines is 1. The van der Waals surface area contributed by atoms with E-state index < -0.39 is 0 Å². The highest BCUT2D eigenvalue weighted by atomic mass is 16.5. The fourth-order valence-corrected chi connectivity index (χ4v) is 2.79. The zero-order chi connectivity index (χ0) is 19.9. The summed E-state index contributed by atoms with van der Waals surface area (Å²) in [4.78, 5) is 26.6. The molecule has 0 atom stereocenters. The lowest BCUT2D eigenvalue weighted by molar-refractivity contribution is 0.0784. The van der Waals surface area contributed by atoms with Crippen LogP contribution in [0.2, 0.25) is 0 Å². The quantitative estimate of drug-likeness (QED) is 0.703. The summed E-state index contributed by atoms with van der Waals surface area (Å²) >= 11 is 0. The first-order chi connectivity index (χ1) is 13.6. The summed E-state index contributed by atoms with van der Waals surface area (Å²) in [6.45, 7) is 0.527. The monoisotopic (exact) mass is 374 g/mol. The molecule has 0 aliphatic heterocycles. The van der Waals surface area contributed by atoms with Crippen molar-refractivity contribution < 1.29 is 14.3 Å². The van der Waals surface area contributed by atoms with E-state index >= 15 is 0 Å². The summed E-state index contributed by atoms with van der Waals surface area (Å²) in [5.41, 5.74) is 2.76. The van der Waals surface area contributed by atoms with Crippen LogP contribution < -0.4 is 10.1 Å². The molecule has 3 aromatic rings. The van der Waals surface area contributed by atoms with Crippen LogP contribution in [0.15, 0.2) is 78.9 Å². The lowest BCUT2D eigenvalue weighted by atomic mass is 10.1. The molecule has 0 saturated heterocycles. The van der Waals surface area contributed by atoms with E-state index in [0.717, 1.165) is 11.3 Å². The van der Waals surface area contributed by atoms with E-state index in [-0.39, 0.29) is 11.8 Å². The Morgan fingerprint density at radius 3 is 2.07 bits per heavy atom. The van der Waals surface area contributed by atoms with Gasteiger partial charge >= 0.3 is 0 Å². The van der Waals surface area contributed by atoms with Crippen molar-refractivity contribution in [3.8, 4) is 5.75 Å². The van der Waals surface area contributed by atoms with E-state index in [1.165, 1.54) is 0 Å². The minimum atomic E-state index is -0.234. The highest BCUT2D eigenvalue weighted by molar-refractivity contribution is 6.05. The number of hydrogen-bond acceptors (Lipinski definition) is 3. The highest BCUT2D eigenvalue weighted by Gasteiger charge is 2.13. The second-order valence-corrected chi connectivity index (χ2v) is 6.41. The molecule has 1 N–H and O–H groups in total. The van der Waals surface area contributed by atoms with Crippen molar-refractivity contribution >= 4 is 17.5 Å². The summed E-state index contributed by atoms with van der Waals surface area (Å²) in [6, 6.07) is 23.6. The van der Waals surface area contributed by atoms with Gasteiger partial charge in [0.2, 0.25) is 0 Å². The van der Waals surface area contributed by atoms with Crippen LogP contribution in [0.5, 0.6) is 5.75 Å².